The van der Waals surface area contributed by atoms with Gasteiger partial charge < -0.3 is 19.3 Å². The van der Waals surface area contributed by atoms with Crippen LogP contribution in [0.5, 0.6) is 0 Å². The van der Waals surface area contributed by atoms with Crippen molar-refractivity contribution < 1.29 is 37.9 Å². The lowest BCUT2D eigenvalue weighted by atomic mass is 10.1. The molecular weight excluding hydrogens is 555 g/mol. The van der Waals surface area contributed by atoms with E-state index in [-0.39, 0.29) is 19.4 Å². The Kier molecular flexibility index (Phi) is 26.9. The monoisotopic (exact) mass is 608 g/mol. The fourth-order valence-corrected chi connectivity index (χ4v) is 3.89. The normalized spacial score (nSPS) is 13.5. The van der Waals surface area contributed by atoms with Gasteiger partial charge in [-0.3, -0.25) is 14.1 Å². The van der Waals surface area contributed by atoms with Crippen molar-refractivity contribution in [2.45, 2.75) is 110 Å². The Hall–Kier alpha value is -2.51. The van der Waals surface area contributed by atoms with Crippen LogP contribution in [0.2, 0.25) is 0 Å². The Morgan fingerprint density at radius 3 is 1.69 bits per heavy atom. The zero-order valence-electron chi connectivity index (χ0n) is 25.6. The third-order valence-corrected chi connectivity index (χ3v) is 6.32. The highest BCUT2D eigenvalue weighted by atomic mass is 31.2. The molecule has 0 heterocycles. The summed E-state index contributed by atoms with van der Waals surface area (Å²) in [4.78, 5) is 42.4. The number of carbonyl (C=O) groups excluding carboxylic acids is 2. The first kappa shape index (κ1) is 39.5. The van der Waals surface area contributed by atoms with E-state index >= 15 is 0 Å². The summed E-state index contributed by atoms with van der Waals surface area (Å²) in [7, 11) is -4.76. The molecule has 9 heteroatoms. The molecule has 0 aliphatic carbocycles. The molecule has 0 saturated carbocycles. The Labute approximate surface area is 253 Å². The lowest BCUT2D eigenvalue weighted by molar-refractivity contribution is -0.161. The third kappa shape index (κ3) is 30.4. The number of rotatable bonds is 26. The summed E-state index contributed by atoms with van der Waals surface area (Å²) in [6, 6.07) is 0. The topological polar surface area (TPSA) is 119 Å². The summed E-state index contributed by atoms with van der Waals surface area (Å²) < 4.78 is 26.1. The lowest BCUT2D eigenvalue weighted by Crippen LogP contribution is -2.29. The van der Waals surface area contributed by atoms with E-state index in [0.717, 1.165) is 51.4 Å². The number of phosphoric ester groups is 1. The van der Waals surface area contributed by atoms with Crippen LogP contribution in [0.1, 0.15) is 104 Å². The van der Waals surface area contributed by atoms with Gasteiger partial charge in [-0.15, -0.1) is 0 Å². The van der Waals surface area contributed by atoms with Gasteiger partial charge in [-0.2, -0.15) is 0 Å². The zero-order chi connectivity index (χ0) is 31.2. The summed E-state index contributed by atoms with van der Waals surface area (Å²) >= 11 is 0. The van der Waals surface area contributed by atoms with E-state index in [1.54, 1.807) is 0 Å². The zero-order valence-corrected chi connectivity index (χ0v) is 26.5. The number of carbonyl (C=O) groups is 2. The van der Waals surface area contributed by atoms with Gasteiger partial charge in [-0.1, -0.05) is 112 Å². The SMILES string of the molecule is CC/C=C/C=C/C=C/C=C/CCCCCC(=O)OC(COC(=O)CCCCC/C=C/C=C/CCCC)COP(=O)(O)O. The van der Waals surface area contributed by atoms with Crippen LogP contribution in [0.3, 0.4) is 0 Å². The first-order valence-corrected chi connectivity index (χ1v) is 16.8. The molecule has 0 rings (SSSR count). The van der Waals surface area contributed by atoms with E-state index in [0.29, 0.717) is 12.8 Å². The Bertz CT molecular complexity index is 911. The van der Waals surface area contributed by atoms with Crippen LogP contribution < -0.4 is 0 Å². The van der Waals surface area contributed by atoms with Crippen LogP contribution in [-0.4, -0.2) is 41.0 Å². The molecule has 0 fully saturated rings. The molecule has 0 amide bonds. The fraction of sp³-hybridized carbons (Fsp3) is 0.576. The van der Waals surface area contributed by atoms with Gasteiger partial charge in [0.15, 0.2) is 6.10 Å². The van der Waals surface area contributed by atoms with Gasteiger partial charge in [0.25, 0.3) is 0 Å². The molecule has 0 spiro atoms. The molecule has 0 bridgehead atoms. The second kappa shape index (κ2) is 28.6. The molecule has 2 N–H and O–H groups in total. The highest BCUT2D eigenvalue weighted by molar-refractivity contribution is 7.46. The Balaban J connectivity index is 4.22. The second-order valence-electron chi connectivity index (χ2n) is 9.81. The number of unbranched alkanes of at least 4 members (excludes halogenated alkanes) is 8. The predicted octanol–water partition coefficient (Wildman–Crippen LogP) is 8.39. The average Bonchev–Trinajstić information content (AvgIpc) is 2.95. The molecule has 0 saturated heterocycles. The first-order valence-electron chi connectivity index (χ1n) is 15.3. The molecule has 42 heavy (non-hydrogen) atoms. The van der Waals surface area contributed by atoms with E-state index in [1.807, 2.05) is 36.5 Å². The summed E-state index contributed by atoms with van der Waals surface area (Å²) in [5, 5.41) is 0. The van der Waals surface area contributed by atoms with Crippen LogP contribution in [-0.2, 0) is 28.2 Å². The summed E-state index contributed by atoms with van der Waals surface area (Å²) in [6.07, 6.45) is 34.9. The smallest absolute Gasteiger partial charge is 0.462 e. The number of hydrogen-bond acceptors (Lipinski definition) is 6. The van der Waals surface area contributed by atoms with Crippen LogP contribution in [0, 0.1) is 0 Å². The fourth-order valence-electron chi connectivity index (χ4n) is 3.53. The average molecular weight is 609 g/mol. The number of phosphoric acid groups is 1. The second-order valence-corrected chi connectivity index (χ2v) is 11.1. The molecule has 1 atom stereocenters. The van der Waals surface area contributed by atoms with Crippen molar-refractivity contribution >= 4 is 19.8 Å². The summed E-state index contributed by atoms with van der Waals surface area (Å²) in [5.41, 5.74) is 0. The number of allylic oxidation sites excluding steroid dienone is 12. The quantitative estimate of drug-likeness (QED) is 0.0435. The van der Waals surface area contributed by atoms with Crippen molar-refractivity contribution in [2.24, 2.45) is 0 Å². The predicted molar refractivity (Wildman–Crippen MR) is 170 cm³/mol. The molecule has 0 aromatic rings. The van der Waals surface area contributed by atoms with Crippen molar-refractivity contribution in [2.75, 3.05) is 13.2 Å². The molecule has 0 aliphatic rings. The molecular formula is C33H53O8P. The van der Waals surface area contributed by atoms with Gasteiger partial charge >= 0.3 is 19.8 Å². The molecule has 0 aromatic carbocycles. The van der Waals surface area contributed by atoms with Crippen molar-refractivity contribution in [1.29, 1.82) is 0 Å². The van der Waals surface area contributed by atoms with E-state index in [4.69, 9.17) is 19.3 Å². The minimum absolute atomic E-state index is 0.156. The minimum Gasteiger partial charge on any atom is -0.462 e. The van der Waals surface area contributed by atoms with Crippen molar-refractivity contribution in [1.82, 2.24) is 0 Å². The highest BCUT2D eigenvalue weighted by Crippen LogP contribution is 2.35. The maximum absolute atomic E-state index is 12.3. The number of ether oxygens (including phenoxy) is 2. The van der Waals surface area contributed by atoms with Crippen molar-refractivity contribution in [3.05, 3.63) is 72.9 Å². The maximum Gasteiger partial charge on any atom is 0.469 e. The first-order chi connectivity index (χ1) is 20.3. The van der Waals surface area contributed by atoms with E-state index in [2.05, 4.69) is 54.8 Å². The molecule has 1 unspecified atom stereocenters. The minimum atomic E-state index is -4.76. The van der Waals surface area contributed by atoms with Crippen LogP contribution in [0.25, 0.3) is 0 Å². The van der Waals surface area contributed by atoms with E-state index in [1.165, 1.54) is 12.8 Å². The lowest BCUT2D eigenvalue weighted by Gasteiger charge is -2.18. The van der Waals surface area contributed by atoms with Gasteiger partial charge in [0.1, 0.15) is 6.61 Å². The van der Waals surface area contributed by atoms with Gasteiger partial charge in [0, 0.05) is 12.8 Å². The van der Waals surface area contributed by atoms with Crippen LogP contribution in [0.15, 0.2) is 72.9 Å². The molecule has 238 valence electrons. The number of esters is 2. The standard InChI is InChI=1S/C33H53O8P/c1-3-5-7-9-11-13-15-16-18-20-22-24-26-28-33(35)41-31(30-40-42(36,37)38)29-39-32(34)27-25-23-21-19-17-14-12-10-8-6-4-2/h5,7,9-18,31H,3-4,6,8,19-30H2,1-2H3,(H2,36,37,38)/b7-5+,11-9+,12-10+,15-13+,17-14+,18-16+. The van der Waals surface area contributed by atoms with Crippen molar-refractivity contribution in [3.63, 3.8) is 0 Å². The summed E-state index contributed by atoms with van der Waals surface area (Å²) in [6.45, 7) is 3.38. The molecule has 0 aromatic heterocycles. The summed E-state index contributed by atoms with van der Waals surface area (Å²) in [5.74, 6) is -0.977. The maximum atomic E-state index is 12.3. The van der Waals surface area contributed by atoms with Gasteiger partial charge in [-0.05, 0) is 51.4 Å². The molecule has 0 aliphatic heterocycles. The van der Waals surface area contributed by atoms with Crippen molar-refractivity contribution in [3.8, 4) is 0 Å². The van der Waals surface area contributed by atoms with Gasteiger partial charge in [0.05, 0.1) is 6.61 Å². The van der Waals surface area contributed by atoms with Crippen LogP contribution >= 0.6 is 7.82 Å². The number of hydrogen-bond donors (Lipinski definition) is 2. The van der Waals surface area contributed by atoms with Crippen LogP contribution in [0.4, 0.5) is 0 Å². The van der Waals surface area contributed by atoms with E-state index in [9.17, 15) is 14.2 Å². The largest absolute Gasteiger partial charge is 0.469 e. The third-order valence-electron chi connectivity index (χ3n) is 5.83. The highest BCUT2D eigenvalue weighted by Gasteiger charge is 2.22. The Morgan fingerprint density at radius 1 is 0.643 bits per heavy atom. The van der Waals surface area contributed by atoms with Gasteiger partial charge in [0.2, 0.25) is 0 Å². The molecule has 8 nitrogen and oxygen atoms in total. The Morgan fingerprint density at radius 2 is 1.14 bits per heavy atom. The van der Waals surface area contributed by atoms with Gasteiger partial charge in [-0.25, -0.2) is 4.57 Å². The molecule has 0 radical (unpaired) electrons. The van der Waals surface area contributed by atoms with E-state index < -0.39 is 32.5 Å².